The van der Waals surface area contributed by atoms with Gasteiger partial charge in [-0.2, -0.15) is 0 Å². The molecule has 9 heteroatoms. The van der Waals surface area contributed by atoms with Crippen molar-refractivity contribution in [3.63, 3.8) is 0 Å². The maximum Gasteiger partial charge on any atom is 0.508 e. The third-order valence-electron chi connectivity index (χ3n) is 12.0. The number of rotatable bonds is 10. The Bertz CT molecular complexity index is 1080. The molecule has 4 aliphatic rings. The van der Waals surface area contributed by atoms with E-state index >= 15 is 0 Å². The number of allylic oxidation sites excluding steroid dienone is 3. The second-order valence-electron chi connectivity index (χ2n) is 14.4. The van der Waals surface area contributed by atoms with Crippen LogP contribution in [0.2, 0.25) is 0 Å². The lowest BCUT2D eigenvalue weighted by atomic mass is 9.49. The van der Waals surface area contributed by atoms with E-state index in [4.69, 9.17) is 28.4 Å². The number of fused-ring (bicyclic) bond motifs is 5. The smallest absolute Gasteiger partial charge is 0.438 e. The van der Waals surface area contributed by atoms with Gasteiger partial charge in [0.15, 0.2) is 0 Å². The highest BCUT2D eigenvalue weighted by Gasteiger charge is 2.60. The van der Waals surface area contributed by atoms with Gasteiger partial charge in [0.1, 0.15) is 19.0 Å². The minimum atomic E-state index is -0.731. The summed E-state index contributed by atoms with van der Waals surface area (Å²) >= 11 is 0. The molecule has 4 aliphatic carbocycles. The number of aliphatic hydroxyl groups excluding tert-OH is 1. The van der Waals surface area contributed by atoms with Crippen LogP contribution >= 0.6 is 0 Å². The normalized spacial score (nSPS) is 35.6. The first kappa shape index (κ1) is 33.8. The zero-order valence-electron chi connectivity index (χ0n) is 27.6. The van der Waals surface area contributed by atoms with Crippen molar-refractivity contribution in [2.45, 2.75) is 110 Å². The van der Waals surface area contributed by atoms with Crippen LogP contribution in [0.15, 0.2) is 23.3 Å². The fraction of sp³-hybridized carbons (Fsp3) is 0.824. The van der Waals surface area contributed by atoms with E-state index < -0.39 is 41.6 Å². The van der Waals surface area contributed by atoms with Crippen LogP contribution in [0.3, 0.4) is 0 Å². The fourth-order valence-corrected chi connectivity index (χ4v) is 9.07. The lowest BCUT2D eigenvalue weighted by Gasteiger charge is -2.57. The van der Waals surface area contributed by atoms with Crippen molar-refractivity contribution < 1.29 is 43.1 Å². The monoisotopic (exact) mass is 606 g/mol. The molecular weight excluding hydrogens is 552 g/mol. The number of hydrogen-bond donors (Lipinski definition) is 1. The molecule has 0 aromatic carbocycles. The summed E-state index contributed by atoms with van der Waals surface area (Å²) in [5.41, 5.74) is 1.66. The number of carbonyl (C=O) groups excluding carboxylic acids is 2. The summed E-state index contributed by atoms with van der Waals surface area (Å²) in [6, 6.07) is 0. The lowest BCUT2D eigenvalue weighted by Crippen LogP contribution is -2.54. The van der Waals surface area contributed by atoms with Crippen molar-refractivity contribution in [2.75, 3.05) is 28.1 Å². The Hall–Kier alpha value is -2.10. The Morgan fingerprint density at radius 3 is 2.33 bits per heavy atom. The van der Waals surface area contributed by atoms with E-state index in [1.54, 1.807) is 7.11 Å². The molecule has 4 rings (SSSR count). The molecule has 0 spiro atoms. The average Bonchev–Trinajstić information content (AvgIpc) is 3.33. The first-order valence-electron chi connectivity index (χ1n) is 15.9. The predicted molar refractivity (Wildman–Crippen MR) is 161 cm³/mol. The van der Waals surface area contributed by atoms with E-state index in [9.17, 15) is 14.7 Å². The van der Waals surface area contributed by atoms with E-state index in [0.717, 1.165) is 31.3 Å². The summed E-state index contributed by atoms with van der Waals surface area (Å²) in [6.45, 7) is 13.3. The molecular formula is C34H54O9. The summed E-state index contributed by atoms with van der Waals surface area (Å²) in [5.74, 6) is 1.97. The summed E-state index contributed by atoms with van der Waals surface area (Å²) in [7, 11) is 4.20. The second-order valence-corrected chi connectivity index (χ2v) is 14.4. The van der Waals surface area contributed by atoms with Crippen molar-refractivity contribution in [3.05, 3.63) is 23.3 Å². The Kier molecular flexibility index (Phi) is 10.3. The maximum atomic E-state index is 12.4. The minimum Gasteiger partial charge on any atom is -0.438 e. The number of carbonyl (C=O) groups is 2. The van der Waals surface area contributed by atoms with Gasteiger partial charge in [0.25, 0.3) is 0 Å². The molecule has 0 unspecified atom stereocenters. The van der Waals surface area contributed by atoms with Gasteiger partial charge in [0.2, 0.25) is 0 Å². The van der Waals surface area contributed by atoms with Crippen LogP contribution in [-0.4, -0.2) is 69.5 Å². The van der Waals surface area contributed by atoms with Crippen LogP contribution in [0.4, 0.5) is 9.59 Å². The van der Waals surface area contributed by atoms with Crippen LogP contribution in [0, 0.1) is 40.4 Å². The highest BCUT2D eigenvalue weighted by atomic mass is 16.7. The zero-order chi connectivity index (χ0) is 31.7. The molecule has 3 saturated carbocycles. The molecule has 244 valence electrons. The zero-order valence-corrected chi connectivity index (χ0v) is 27.6. The van der Waals surface area contributed by atoms with Crippen molar-refractivity contribution in [1.29, 1.82) is 0 Å². The highest BCUT2D eigenvalue weighted by molar-refractivity contribution is 5.61. The molecule has 0 aromatic rings. The van der Waals surface area contributed by atoms with E-state index in [1.165, 1.54) is 19.8 Å². The molecule has 43 heavy (non-hydrogen) atoms. The fourth-order valence-electron chi connectivity index (χ4n) is 9.07. The summed E-state index contributed by atoms with van der Waals surface area (Å²) < 4.78 is 32.0. The third-order valence-corrected chi connectivity index (χ3v) is 12.0. The second kappa shape index (κ2) is 13.1. The van der Waals surface area contributed by atoms with Crippen molar-refractivity contribution in [1.82, 2.24) is 0 Å². The average molecular weight is 607 g/mol. The quantitative estimate of drug-likeness (QED) is 0.212. The highest BCUT2D eigenvalue weighted by Crippen LogP contribution is 2.66. The molecule has 0 aromatic heterocycles. The largest absolute Gasteiger partial charge is 0.508 e. The predicted octanol–water partition coefficient (Wildman–Crippen LogP) is 6.82. The first-order chi connectivity index (χ1) is 20.2. The van der Waals surface area contributed by atoms with Gasteiger partial charge in [-0.25, -0.2) is 9.59 Å². The Morgan fingerprint density at radius 1 is 1.00 bits per heavy atom. The van der Waals surface area contributed by atoms with Gasteiger partial charge in [0, 0.05) is 25.4 Å². The standard InChI is InChI=1S/C34H54O9/c1-20(16-28(35)32(3,4)41-19-38-7)21(2)25-12-13-26-24-11-10-22-17-23(42-30(36)39-8)18-29(43-31(37)40-9)34(22,6)27(24)14-15-33(25,26)5/h10-11,20-21,23,25-29,35H,12-19H2,1-9H3/t20-,21-,23+,25+,26-,27-,28-,29-,33+,34-/m0/s1. The SMILES string of the molecule is COCOC(C)(C)[C@@H](O)C[C@H](C)[C@H](C)[C@H]1CC[C@H]2C3=CC=C4C[C@@H](OC(=O)OC)C[C@H](OC(=O)OC)[C@]4(C)[C@H]3CC[C@]12C. The molecule has 9 nitrogen and oxygen atoms in total. The van der Waals surface area contributed by atoms with Gasteiger partial charge >= 0.3 is 12.3 Å². The third kappa shape index (κ3) is 6.36. The Balaban J connectivity index is 1.56. The topological polar surface area (TPSA) is 110 Å². The van der Waals surface area contributed by atoms with Crippen molar-refractivity contribution in [3.8, 4) is 0 Å². The molecule has 0 aliphatic heterocycles. The number of ether oxygens (including phenoxy) is 6. The lowest BCUT2D eigenvalue weighted by molar-refractivity contribution is -0.164. The van der Waals surface area contributed by atoms with Gasteiger partial charge in [0.05, 0.1) is 25.9 Å². The van der Waals surface area contributed by atoms with Gasteiger partial charge in [-0.3, -0.25) is 0 Å². The van der Waals surface area contributed by atoms with Crippen LogP contribution in [0.5, 0.6) is 0 Å². The van der Waals surface area contributed by atoms with Crippen LogP contribution in [0.1, 0.15) is 86.5 Å². The Morgan fingerprint density at radius 2 is 1.67 bits per heavy atom. The van der Waals surface area contributed by atoms with Crippen LogP contribution < -0.4 is 0 Å². The van der Waals surface area contributed by atoms with Crippen LogP contribution in [0.25, 0.3) is 0 Å². The van der Waals surface area contributed by atoms with Gasteiger partial charge < -0.3 is 33.5 Å². The molecule has 0 heterocycles. The summed E-state index contributed by atoms with van der Waals surface area (Å²) in [6.07, 6.45) is 7.55. The number of methoxy groups -OCH3 is 3. The minimum absolute atomic E-state index is 0.147. The number of hydrogen-bond acceptors (Lipinski definition) is 9. The molecule has 0 amide bonds. The molecule has 1 N–H and O–H groups in total. The molecule has 0 radical (unpaired) electrons. The van der Waals surface area contributed by atoms with Crippen LogP contribution in [-0.2, 0) is 28.4 Å². The summed E-state index contributed by atoms with van der Waals surface area (Å²) in [5, 5.41) is 11.1. The molecule has 10 atom stereocenters. The molecule has 0 bridgehead atoms. The Labute approximate surface area is 257 Å². The molecule has 0 saturated heterocycles. The number of aliphatic hydroxyl groups is 1. The molecule has 3 fully saturated rings. The van der Waals surface area contributed by atoms with Gasteiger partial charge in [-0.1, -0.05) is 51.0 Å². The van der Waals surface area contributed by atoms with E-state index in [2.05, 4.69) is 39.8 Å². The summed E-state index contributed by atoms with van der Waals surface area (Å²) in [4.78, 5) is 24.3. The van der Waals surface area contributed by atoms with Gasteiger partial charge in [-0.05, 0) is 81.0 Å². The van der Waals surface area contributed by atoms with E-state index in [1.807, 2.05) is 13.8 Å². The maximum absolute atomic E-state index is 12.4. The van der Waals surface area contributed by atoms with E-state index in [0.29, 0.717) is 42.9 Å². The van der Waals surface area contributed by atoms with Gasteiger partial charge in [-0.15, -0.1) is 0 Å². The first-order valence-corrected chi connectivity index (χ1v) is 15.9. The van der Waals surface area contributed by atoms with Crippen molar-refractivity contribution >= 4 is 12.3 Å². The van der Waals surface area contributed by atoms with E-state index in [-0.39, 0.29) is 18.1 Å². The van der Waals surface area contributed by atoms with Crippen molar-refractivity contribution in [2.24, 2.45) is 40.4 Å².